The van der Waals surface area contributed by atoms with Gasteiger partial charge in [0.15, 0.2) is 5.13 Å². The molecule has 0 N–H and O–H groups in total. The first-order valence-electron chi connectivity index (χ1n) is 6.05. The molecule has 0 unspecified atom stereocenters. The van der Waals surface area contributed by atoms with Gasteiger partial charge in [-0.3, -0.25) is 0 Å². The lowest BCUT2D eigenvalue weighted by Crippen LogP contribution is -2.39. The van der Waals surface area contributed by atoms with Gasteiger partial charge in [0.2, 0.25) is 0 Å². The van der Waals surface area contributed by atoms with E-state index in [-0.39, 0.29) is 0 Å². The van der Waals surface area contributed by atoms with E-state index in [0.29, 0.717) is 5.41 Å². The number of hydrogen-bond acceptors (Lipinski definition) is 3. The Kier molecular flexibility index (Phi) is 3.90. The van der Waals surface area contributed by atoms with Crippen molar-refractivity contribution in [1.82, 2.24) is 4.98 Å². The number of piperidine rings is 1. The molecule has 1 aliphatic heterocycles. The van der Waals surface area contributed by atoms with Crippen LogP contribution in [0.5, 0.6) is 0 Å². The average molecular weight is 303 g/mol. The summed E-state index contributed by atoms with van der Waals surface area (Å²) in [4.78, 5) is 6.92. The van der Waals surface area contributed by atoms with Gasteiger partial charge in [-0.25, -0.2) is 4.98 Å². The van der Waals surface area contributed by atoms with Crippen molar-refractivity contribution >= 4 is 32.4 Å². The van der Waals surface area contributed by atoms with Crippen LogP contribution < -0.4 is 4.90 Å². The number of anilines is 1. The van der Waals surface area contributed by atoms with Gasteiger partial charge in [-0.15, -0.1) is 11.3 Å². The Balaban J connectivity index is 1.99. The molecule has 1 aromatic rings. The lowest BCUT2D eigenvalue weighted by atomic mass is 9.74. The lowest BCUT2D eigenvalue weighted by molar-refractivity contribution is 0.199. The van der Waals surface area contributed by atoms with Crippen molar-refractivity contribution in [2.45, 2.75) is 39.5 Å². The summed E-state index contributed by atoms with van der Waals surface area (Å²) in [7, 11) is 0. The molecular formula is C12H19BrN2S. The molecule has 0 amide bonds. The zero-order chi connectivity index (χ0) is 11.6. The van der Waals surface area contributed by atoms with Gasteiger partial charge < -0.3 is 4.90 Å². The van der Waals surface area contributed by atoms with Crippen LogP contribution in [0.3, 0.4) is 0 Å². The van der Waals surface area contributed by atoms with Crippen LogP contribution in [0.1, 0.15) is 39.5 Å². The normalized spacial score (nSPS) is 20.1. The Bertz CT molecular complexity index is 337. The minimum Gasteiger partial charge on any atom is -0.348 e. The molecule has 1 saturated heterocycles. The Morgan fingerprint density at radius 2 is 2.00 bits per heavy atom. The number of halogens is 1. The highest BCUT2D eigenvalue weighted by atomic mass is 79.9. The molecule has 2 rings (SSSR count). The highest BCUT2D eigenvalue weighted by Crippen LogP contribution is 2.39. The largest absolute Gasteiger partial charge is 0.348 e. The fraction of sp³-hybridized carbons (Fsp3) is 0.750. The first-order valence-corrected chi connectivity index (χ1v) is 7.72. The molecule has 0 aliphatic carbocycles. The van der Waals surface area contributed by atoms with Crippen LogP contribution in [-0.4, -0.2) is 18.1 Å². The van der Waals surface area contributed by atoms with Crippen molar-refractivity contribution in [3.63, 3.8) is 0 Å². The molecule has 0 spiro atoms. The highest BCUT2D eigenvalue weighted by Gasteiger charge is 2.31. The van der Waals surface area contributed by atoms with Crippen LogP contribution in [0.2, 0.25) is 0 Å². The van der Waals surface area contributed by atoms with E-state index in [1.165, 1.54) is 43.9 Å². The summed E-state index contributed by atoms with van der Waals surface area (Å²) in [5.74, 6) is 0. The quantitative estimate of drug-likeness (QED) is 0.827. The van der Waals surface area contributed by atoms with E-state index in [1.807, 2.05) is 0 Å². The average Bonchev–Trinajstić information content (AvgIpc) is 2.76. The van der Waals surface area contributed by atoms with Crippen LogP contribution >= 0.6 is 27.3 Å². The summed E-state index contributed by atoms with van der Waals surface area (Å²) in [6.07, 6.45) is 5.27. The molecule has 0 radical (unpaired) electrons. The molecule has 1 aromatic heterocycles. The SMILES string of the molecule is CCC1(CC)CCN(c2nc(Br)cs2)CC1. The molecular weight excluding hydrogens is 284 g/mol. The van der Waals surface area contributed by atoms with E-state index in [2.05, 4.69) is 45.0 Å². The summed E-state index contributed by atoms with van der Waals surface area (Å²) < 4.78 is 0.968. The van der Waals surface area contributed by atoms with Gasteiger partial charge >= 0.3 is 0 Å². The van der Waals surface area contributed by atoms with Gasteiger partial charge in [-0.2, -0.15) is 0 Å². The van der Waals surface area contributed by atoms with E-state index in [1.54, 1.807) is 11.3 Å². The molecule has 90 valence electrons. The summed E-state index contributed by atoms with van der Waals surface area (Å²) in [6.45, 7) is 7.00. The van der Waals surface area contributed by atoms with E-state index in [0.717, 1.165) is 4.60 Å². The molecule has 0 bridgehead atoms. The summed E-state index contributed by atoms with van der Waals surface area (Å²) in [6, 6.07) is 0. The molecule has 4 heteroatoms. The topological polar surface area (TPSA) is 16.1 Å². The maximum absolute atomic E-state index is 4.49. The molecule has 0 saturated carbocycles. The van der Waals surface area contributed by atoms with Crippen molar-refractivity contribution in [3.8, 4) is 0 Å². The maximum atomic E-state index is 4.49. The molecule has 1 aliphatic rings. The molecule has 0 atom stereocenters. The van der Waals surface area contributed by atoms with E-state index in [4.69, 9.17) is 0 Å². The van der Waals surface area contributed by atoms with Crippen molar-refractivity contribution in [1.29, 1.82) is 0 Å². The lowest BCUT2D eigenvalue weighted by Gasteiger charge is -2.40. The summed E-state index contributed by atoms with van der Waals surface area (Å²) in [5.41, 5.74) is 0.602. The van der Waals surface area contributed by atoms with Gasteiger partial charge in [0.05, 0.1) is 0 Å². The second kappa shape index (κ2) is 5.05. The number of aromatic nitrogens is 1. The van der Waals surface area contributed by atoms with Crippen molar-refractivity contribution < 1.29 is 0 Å². The van der Waals surface area contributed by atoms with Gasteiger partial charge in [-0.05, 0) is 34.2 Å². The Hall–Kier alpha value is -0.0900. The van der Waals surface area contributed by atoms with E-state index >= 15 is 0 Å². The first-order chi connectivity index (χ1) is 7.69. The van der Waals surface area contributed by atoms with Gasteiger partial charge in [0.25, 0.3) is 0 Å². The minimum absolute atomic E-state index is 0.602. The van der Waals surface area contributed by atoms with Crippen LogP contribution in [-0.2, 0) is 0 Å². The zero-order valence-electron chi connectivity index (χ0n) is 10.0. The van der Waals surface area contributed by atoms with Crippen molar-refractivity contribution in [3.05, 3.63) is 9.98 Å². The predicted octanol–water partition coefficient (Wildman–Crippen LogP) is 4.31. The number of rotatable bonds is 3. The monoisotopic (exact) mass is 302 g/mol. The van der Waals surface area contributed by atoms with Crippen LogP contribution in [0.4, 0.5) is 5.13 Å². The third kappa shape index (κ3) is 2.43. The second-order valence-electron chi connectivity index (χ2n) is 4.65. The Morgan fingerprint density at radius 1 is 1.38 bits per heavy atom. The summed E-state index contributed by atoms with van der Waals surface area (Å²) >= 11 is 5.16. The Labute approximate surface area is 110 Å². The fourth-order valence-electron chi connectivity index (χ4n) is 2.52. The molecule has 2 nitrogen and oxygen atoms in total. The fourth-order valence-corrected chi connectivity index (χ4v) is 3.82. The standard InChI is InChI=1S/C12H19BrN2S/c1-3-12(4-2)5-7-15(8-6-12)11-14-10(13)9-16-11/h9H,3-8H2,1-2H3. The first kappa shape index (κ1) is 12.4. The van der Waals surface area contributed by atoms with Crippen molar-refractivity contribution in [2.24, 2.45) is 5.41 Å². The zero-order valence-corrected chi connectivity index (χ0v) is 12.4. The van der Waals surface area contributed by atoms with Crippen LogP contribution in [0, 0.1) is 5.41 Å². The molecule has 2 heterocycles. The molecule has 1 fully saturated rings. The third-order valence-corrected chi connectivity index (χ3v) is 5.67. The van der Waals surface area contributed by atoms with E-state index < -0.39 is 0 Å². The Morgan fingerprint density at radius 3 is 2.44 bits per heavy atom. The predicted molar refractivity (Wildman–Crippen MR) is 74.3 cm³/mol. The van der Waals surface area contributed by atoms with E-state index in [9.17, 15) is 0 Å². The van der Waals surface area contributed by atoms with Crippen LogP contribution in [0.15, 0.2) is 9.98 Å². The number of thiazole rings is 1. The third-order valence-electron chi connectivity index (χ3n) is 4.06. The minimum atomic E-state index is 0.602. The van der Waals surface area contributed by atoms with Crippen molar-refractivity contribution in [2.75, 3.05) is 18.0 Å². The number of nitrogens with zero attached hydrogens (tertiary/aromatic N) is 2. The van der Waals surface area contributed by atoms with Gasteiger partial charge in [-0.1, -0.05) is 26.7 Å². The highest BCUT2D eigenvalue weighted by molar-refractivity contribution is 9.10. The van der Waals surface area contributed by atoms with Gasteiger partial charge in [0, 0.05) is 18.5 Å². The van der Waals surface area contributed by atoms with Crippen LogP contribution in [0.25, 0.3) is 0 Å². The number of hydrogen-bond donors (Lipinski definition) is 0. The molecule has 0 aromatic carbocycles. The molecule has 16 heavy (non-hydrogen) atoms. The smallest absolute Gasteiger partial charge is 0.186 e. The second-order valence-corrected chi connectivity index (χ2v) is 6.30. The van der Waals surface area contributed by atoms with Gasteiger partial charge in [0.1, 0.15) is 4.60 Å². The maximum Gasteiger partial charge on any atom is 0.186 e. The summed E-state index contributed by atoms with van der Waals surface area (Å²) in [5, 5.41) is 3.24.